The monoisotopic (exact) mass is 275 g/mol. The lowest BCUT2D eigenvalue weighted by molar-refractivity contribution is 0.389. The number of aromatic nitrogens is 2. The van der Waals surface area contributed by atoms with E-state index in [4.69, 9.17) is 5.73 Å². The summed E-state index contributed by atoms with van der Waals surface area (Å²) in [6.07, 6.45) is 1.25. The van der Waals surface area contributed by atoms with Crippen LogP contribution in [0.3, 0.4) is 0 Å². The van der Waals surface area contributed by atoms with Crippen molar-refractivity contribution in [3.05, 3.63) is 53.1 Å². The molecule has 2 rings (SSSR count). The second kappa shape index (κ2) is 5.75. The molecule has 1 atom stereocenters. The lowest BCUT2D eigenvalue weighted by Crippen LogP contribution is -2.40. The van der Waals surface area contributed by atoms with Crippen molar-refractivity contribution in [3.63, 3.8) is 0 Å². The van der Waals surface area contributed by atoms with Crippen LogP contribution in [-0.4, -0.2) is 9.78 Å². The SMILES string of the molecule is CCn1nc(C)cc1CC(N)(CC)c1ccccc1F. The summed E-state index contributed by atoms with van der Waals surface area (Å²) in [7, 11) is 0. The topological polar surface area (TPSA) is 43.8 Å². The summed E-state index contributed by atoms with van der Waals surface area (Å²) < 4.78 is 16.0. The third kappa shape index (κ3) is 2.75. The molecule has 0 spiro atoms. The first-order valence-electron chi connectivity index (χ1n) is 7.07. The highest BCUT2D eigenvalue weighted by atomic mass is 19.1. The van der Waals surface area contributed by atoms with E-state index in [0.717, 1.165) is 17.9 Å². The van der Waals surface area contributed by atoms with Gasteiger partial charge in [0.15, 0.2) is 0 Å². The minimum atomic E-state index is -0.704. The number of halogens is 1. The Kier molecular flexibility index (Phi) is 4.23. The highest BCUT2D eigenvalue weighted by Gasteiger charge is 2.29. The van der Waals surface area contributed by atoms with E-state index in [0.29, 0.717) is 18.4 Å². The molecule has 2 aromatic rings. The molecule has 1 unspecified atom stereocenters. The number of hydrogen-bond donors (Lipinski definition) is 1. The Hall–Kier alpha value is -1.68. The zero-order valence-corrected chi connectivity index (χ0v) is 12.4. The first-order valence-corrected chi connectivity index (χ1v) is 7.07. The first kappa shape index (κ1) is 14.7. The lowest BCUT2D eigenvalue weighted by atomic mass is 9.83. The number of nitrogens with two attached hydrogens (primary N) is 1. The molecule has 0 saturated carbocycles. The smallest absolute Gasteiger partial charge is 0.128 e. The Morgan fingerprint density at radius 3 is 2.60 bits per heavy atom. The van der Waals surface area contributed by atoms with Gasteiger partial charge in [0.25, 0.3) is 0 Å². The molecule has 0 radical (unpaired) electrons. The average molecular weight is 275 g/mol. The number of rotatable bonds is 5. The number of hydrogen-bond acceptors (Lipinski definition) is 2. The molecular weight excluding hydrogens is 253 g/mol. The Bertz CT molecular complexity index is 591. The molecule has 0 amide bonds. The van der Waals surface area contributed by atoms with E-state index in [1.54, 1.807) is 12.1 Å². The van der Waals surface area contributed by atoms with E-state index in [9.17, 15) is 4.39 Å². The van der Waals surface area contributed by atoms with E-state index in [1.807, 2.05) is 37.6 Å². The molecule has 0 aliphatic rings. The van der Waals surface area contributed by atoms with Crippen LogP contribution in [0, 0.1) is 12.7 Å². The van der Waals surface area contributed by atoms with Crippen molar-refractivity contribution >= 4 is 0 Å². The Balaban J connectivity index is 2.39. The van der Waals surface area contributed by atoms with Crippen LogP contribution in [0.2, 0.25) is 0 Å². The maximum atomic E-state index is 14.1. The fraction of sp³-hybridized carbons (Fsp3) is 0.438. The van der Waals surface area contributed by atoms with E-state index in [1.165, 1.54) is 6.07 Å². The second-order valence-electron chi connectivity index (χ2n) is 5.26. The highest BCUT2D eigenvalue weighted by Crippen LogP contribution is 2.29. The summed E-state index contributed by atoms with van der Waals surface area (Å²) in [6.45, 7) is 6.79. The summed E-state index contributed by atoms with van der Waals surface area (Å²) in [6, 6.07) is 8.79. The third-order valence-electron chi connectivity index (χ3n) is 3.82. The highest BCUT2D eigenvalue weighted by molar-refractivity contribution is 5.28. The standard InChI is InChI=1S/C16H22FN3/c1-4-16(18,14-8-6-7-9-15(14)17)11-13-10-12(3)19-20(13)5-2/h6-10H,4-5,11,18H2,1-3H3. The van der Waals surface area contributed by atoms with Gasteiger partial charge in [0.1, 0.15) is 5.82 Å². The van der Waals surface area contributed by atoms with Gasteiger partial charge in [-0.25, -0.2) is 4.39 Å². The lowest BCUT2D eigenvalue weighted by Gasteiger charge is -2.29. The van der Waals surface area contributed by atoms with Gasteiger partial charge in [-0.3, -0.25) is 4.68 Å². The van der Waals surface area contributed by atoms with Crippen LogP contribution in [0.15, 0.2) is 30.3 Å². The maximum Gasteiger partial charge on any atom is 0.128 e. The van der Waals surface area contributed by atoms with Crippen LogP contribution < -0.4 is 5.73 Å². The number of benzene rings is 1. The van der Waals surface area contributed by atoms with Crippen LogP contribution >= 0.6 is 0 Å². The van der Waals surface area contributed by atoms with E-state index < -0.39 is 5.54 Å². The van der Waals surface area contributed by atoms with Crippen LogP contribution in [0.25, 0.3) is 0 Å². The molecular formula is C16H22FN3. The van der Waals surface area contributed by atoms with Gasteiger partial charge in [-0.1, -0.05) is 25.1 Å². The molecule has 1 aromatic heterocycles. The molecule has 1 heterocycles. The number of aryl methyl sites for hydroxylation is 2. The predicted octanol–water partition coefficient (Wildman–Crippen LogP) is 3.16. The summed E-state index contributed by atoms with van der Waals surface area (Å²) in [5.41, 5.74) is 8.39. The fourth-order valence-corrected chi connectivity index (χ4v) is 2.61. The van der Waals surface area contributed by atoms with Crippen molar-refractivity contribution in [2.45, 2.75) is 45.7 Å². The minimum Gasteiger partial charge on any atom is -0.321 e. The van der Waals surface area contributed by atoms with Crippen molar-refractivity contribution in [2.24, 2.45) is 5.73 Å². The fourth-order valence-electron chi connectivity index (χ4n) is 2.61. The Morgan fingerprint density at radius 2 is 2.00 bits per heavy atom. The van der Waals surface area contributed by atoms with E-state index in [-0.39, 0.29) is 5.82 Å². The average Bonchev–Trinajstić information content (AvgIpc) is 2.78. The summed E-state index contributed by atoms with van der Waals surface area (Å²) in [5.74, 6) is -0.240. The number of nitrogens with zero attached hydrogens (tertiary/aromatic N) is 2. The van der Waals surface area contributed by atoms with Gasteiger partial charge >= 0.3 is 0 Å². The molecule has 3 nitrogen and oxygen atoms in total. The zero-order chi connectivity index (χ0) is 14.8. The molecule has 20 heavy (non-hydrogen) atoms. The largest absolute Gasteiger partial charge is 0.321 e. The van der Waals surface area contributed by atoms with Crippen molar-refractivity contribution in [1.82, 2.24) is 9.78 Å². The van der Waals surface area contributed by atoms with Crippen LogP contribution in [0.5, 0.6) is 0 Å². The zero-order valence-electron chi connectivity index (χ0n) is 12.4. The molecule has 4 heteroatoms. The second-order valence-corrected chi connectivity index (χ2v) is 5.26. The van der Waals surface area contributed by atoms with Crippen molar-refractivity contribution in [2.75, 3.05) is 0 Å². The predicted molar refractivity (Wildman–Crippen MR) is 78.9 cm³/mol. The maximum absolute atomic E-state index is 14.1. The van der Waals surface area contributed by atoms with Crippen LogP contribution in [-0.2, 0) is 18.5 Å². The first-order chi connectivity index (χ1) is 9.50. The van der Waals surface area contributed by atoms with Crippen LogP contribution in [0.4, 0.5) is 4.39 Å². The van der Waals surface area contributed by atoms with Gasteiger partial charge in [0.05, 0.1) is 5.69 Å². The van der Waals surface area contributed by atoms with Crippen molar-refractivity contribution < 1.29 is 4.39 Å². The molecule has 0 aliphatic carbocycles. The third-order valence-corrected chi connectivity index (χ3v) is 3.82. The summed E-state index contributed by atoms with van der Waals surface area (Å²) in [5, 5.41) is 4.43. The quantitative estimate of drug-likeness (QED) is 0.911. The normalized spacial score (nSPS) is 14.2. The Labute approximate surface area is 119 Å². The molecule has 0 fully saturated rings. The van der Waals surface area contributed by atoms with E-state index in [2.05, 4.69) is 5.10 Å². The molecule has 108 valence electrons. The molecule has 0 bridgehead atoms. The van der Waals surface area contributed by atoms with Gasteiger partial charge in [0.2, 0.25) is 0 Å². The van der Waals surface area contributed by atoms with Gasteiger partial charge in [-0.15, -0.1) is 0 Å². The van der Waals surface area contributed by atoms with Gasteiger partial charge in [-0.05, 0) is 32.4 Å². The molecule has 1 aromatic carbocycles. The van der Waals surface area contributed by atoms with E-state index >= 15 is 0 Å². The molecule has 2 N–H and O–H groups in total. The van der Waals surface area contributed by atoms with Gasteiger partial charge in [-0.2, -0.15) is 5.10 Å². The summed E-state index contributed by atoms with van der Waals surface area (Å²) in [4.78, 5) is 0. The Morgan fingerprint density at radius 1 is 1.30 bits per heavy atom. The molecule has 0 saturated heterocycles. The molecule has 0 aliphatic heterocycles. The van der Waals surface area contributed by atoms with Gasteiger partial charge < -0.3 is 5.73 Å². The van der Waals surface area contributed by atoms with Gasteiger partial charge in [0, 0.05) is 29.8 Å². The summed E-state index contributed by atoms with van der Waals surface area (Å²) >= 11 is 0. The van der Waals surface area contributed by atoms with Crippen molar-refractivity contribution in [3.8, 4) is 0 Å². The van der Waals surface area contributed by atoms with Crippen LogP contribution in [0.1, 0.15) is 37.2 Å². The minimum absolute atomic E-state index is 0.240. The van der Waals surface area contributed by atoms with Crippen molar-refractivity contribution in [1.29, 1.82) is 0 Å².